The fraction of sp³-hybridized carbons (Fsp3) is 0.625. The second-order valence-electron chi connectivity index (χ2n) is 7.20. The third-order valence-corrected chi connectivity index (χ3v) is 6.35. The molecule has 2 nitrogen and oxygen atoms in total. The van der Waals surface area contributed by atoms with Crippen LogP contribution in [0.2, 0.25) is 0 Å². The molecule has 1 fully saturated rings. The lowest BCUT2D eigenvalue weighted by molar-refractivity contribution is -0.137. The molecule has 1 aromatic carbocycles. The maximum Gasteiger partial charge on any atom is 0.416 e. The van der Waals surface area contributed by atoms with Gasteiger partial charge in [-0.2, -0.15) is 13.2 Å². The summed E-state index contributed by atoms with van der Waals surface area (Å²) in [6.45, 7) is 5.73. The molecule has 0 saturated heterocycles. The van der Waals surface area contributed by atoms with Gasteiger partial charge in [0.05, 0.1) is 16.4 Å². The van der Waals surface area contributed by atoms with Crippen LogP contribution in [0, 0.1) is 5.92 Å². The highest BCUT2D eigenvalue weighted by atomic mass is 32.2. The fourth-order valence-electron chi connectivity index (χ4n) is 3.49. The third-order valence-electron chi connectivity index (χ3n) is 4.55. The molecule has 0 aliphatic heterocycles. The fourth-order valence-corrected chi connectivity index (χ4v) is 4.83. The summed E-state index contributed by atoms with van der Waals surface area (Å²) in [6.07, 6.45) is -3.41. The summed E-state index contributed by atoms with van der Waals surface area (Å²) in [6, 6.07) is 3.96. The van der Waals surface area contributed by atoms with Crippen LogP contribution in [0.5, 0.6) is 0 Å². The number of fused-ring (bicyclic) bond motifs is 3. The molecule has 4 atom stereocenters. The highest BCUT2D eigenvalue weighted by molar-refractivity contribution is 7.84. The standard InChI is InChI=1S/C16H20F3NOS/c1-15(2,3)22(21)20(4)14-10-6-5-9(16(17,18)19)7-11(10)12-8-13(12)14/h5-7,12-14H,8H2,1-4H3/t12?,13?,14-,22+/m1/s1. The van der Waals surface area contributed by atoms with Gasteiger partial charge in [0, 0.05) is 7.05 Å². The maximum absolute atomic E-state index is 12.9. The largest absolute Gasteiger partial charge is 0.416 e. The van der Waals surface area contributed by atoms with Gasteiger partial charge in [-0.05, 0) is 62.3 Å². The van der Waals surface area contributed by atoms with Gasteiger partial charge in [0.2, 0.25) is 0 Å². The lowest BCUT2D eigenvalue weighted by Crippen LogP contribution is -2.37. The Morgan fingerprint density at radius 2 is 1.82 bits per heavy atom. The van der Waals surface area contributed by atoms with Crippen LogP contribution in [0.1, 0.15) is 55.8 Å². The molecule has 2 unspecified atom stereocenters. The average molecular weight is 331 g/mol. The van der Waals surface area contributed by atoms with Crippen molar-refractivity contribution in [2.24, 2.45) is 5.92 Å². The number of halogens is 3. The van der Waals surface area contributed by atoms with Crippen molar-refractivity contribution in [1.82, 2.24) is 4.31 Å². The Morgan fingerprint density at radius 1 is 1.18 bits per heavy atom. The summed E-state index contributed by atoms with van der Waals surface area (Å²) in [5.41, 5.74) is 1.12. The first-order valence-electron chi connectivity index (χ1n) is 7.37. The summed E-state index contributed by atoms with van der Waals surface area (Å²) < 4.78 is 52.7. The van der Waals surface area contributed by atoms with Crippen LogP contribution >= 0.6 is 0 Å². The molecule has 2 aliphatic carbocycles. The first-order valence-corrected chi connectivity index (χ1v) is 8.48. The summed E-state index contributed by atoms with van der Waals surface area (Å²) in [7, 11) is 0.629. The van der Waals surface area contributed by atoms with Crippen molar-refractivity contribution in [2.75, 3.05) is 7.05 Å². The molecule has 0 bridgehead atoms. The van der Waals surface area contributed by atoms with E-state index in [1.165, 1.54) is 6.07 Å². The molecule has 122 valence electrons. The average Bonchev–Trinajstić information content (AvgIpc) is 3.10. The van der Waals surface area contributed by atoms with E-state index in [-0.39, 0.29) is 16.7 Å². The Labute approximate surface area is 131 Å². The Morgan fingerprint density at radius 3 is 2.36 bits per heavy atom. The monoisotopic (exact) mass is 331 g/mol. The minimum Gasteiger partial charge on any atom is -0.242 e. The molecule has 0 N–H and O–H groups in total. The van der Waals surface area contributed by atoms with Gasteiger partial charge in [0.15, 0.2) is 0 Å². The lowest BCUT2D eigenvalue weighted by atomic mass is 10.00. The first-order chi connectivity index (χ1) is 10.0. The van der Waals surface area contributed by atoms with E-state index in [2.05, 4.69) is 0 Å². The van der Waals surface area contributed by atoms with Crippen LogP contribution in [0.4, 0.5) is 13.2 Å². The number of nitrogens with zero attached hydrogens (tertiary/aromatic N) is 1. The van der Waals surface area contributed by atoms with Gasteiger partial charge in [-0.15, -0.1) is 0 Å². The number of hydrogen-bond donors (Lipinski definition) is 0. The minimum atomic E-state index is -4.31. The van der Waals surface area contributed by atoms with Crippen LogP contribution in [-0.2, 0) is 17.2 Å². The van der Waals surface area contributed by atoms with Crippen LogP contribution < -0.4 is 0 Å². The molecule has 0 spiro atoms. The molecule has 0 amide bonds. The van der Waals surface area contributed by atoms with Crippen molar-refractivity contribution in [3.05, 3.63) is 34.9 Å². The summed E-state index contributed by atoms with van der Waals surface area (Å²) in [5, 5.41) is 0. The SMILES string of the molecule is CN([C@@H]1c2ccc(C(F)(F)F)cc2C2CC21)[S@@](=O)C(C)(C)C. The lowest BCUT2D eigenvalue weighted by Gasteiger charge is -2.31. The number of rotatable bonds is 2. The molecule has 1 aromatic rings. The summed E-state index contributed by atoms with van der Waals surface area (Å²) >= 11 is 0. The Kier molecular flexibility index (Phi) is 3.49. The highest BCUT2D eigenvalue weighted by Crippen LogP contribution is 2.64. The first kappa shape index (κ1) is 16.0. The third kappa shape index (κ3) is 2.50. The van der Waals surface area contributed by atoms with E-state index in [0.29, 0.717) is 5.92 Å². The zero-order valence-corrected chi connectivity index (χ0v) is 13.9. The molecular weight excluding hydrogens is 311 g/mol. The quantitative estimate of drug-likeness (QED) is 0.793. The zero-order valence-electron chi connectivity index (χ0n) is 13.1. The van der Waals surface area contributed by atoms with Crippen molar-refractivity contribution >= 4 is 11.0 Å². The molecule has 22 heavy (non-hydrogen) atoms. The highest BCUT2D eigenvalue weighted by Gasteiger charge is 2.55. The van der Waals surface area contributed by atoms with Gasteiger partial charge in [-0.25, -0.2) is 8.51 Å². The van der Waals surface area contributed by atoms with E-state index in [4.69, 9.17) is 0 Å². The van der Waals surface area contributed by atoms with Gasteiger partial charge < -0.3 is 0 Å². The number of alkyl halides is 3. The molecule has 6 heteroatoms. The van der Waals surface area contributed by atoms with Crippen molar-refractivity contribution < 1.29 is 17.4 Å². The predicted octanol–water partition coefficient (Wildman–Crippen LogP) is 4.26. The molecule has 1 saturated carbocycles. The minimum absolute atomic E-state index is 0.0395. The van der Waals surface area contributed by atoms with E-state index in [9.17, 15) is 17.4 Å². The van der Waals surface area contributed by atoms with E-state index in [1.54, 1.807) is 6.07 Å². The van der Waals surface area contributed by atoms with Crippen LogP contribution in [0.25, 0.3) is 0 Å². The molecule has 0 heterocycles. The molecule has 0 aromatic heterocycles. The Balaban J connectivity index is 1.95. The van der Waals surface area contributed by atoms with E-state index < -0.39 is 22.7 Å². The van der Waals surface area contributed by atoms with E-state index in [1.807, 2.05) is 32.1 Å². The Hall–Kier alpha value is -0.880. The topological polar surface area (TPSA) is 20.3 Å². The van der Waals surface area contributed by atoms with Crippen LogP contribution in [0.3, 0.4) is 0 Å². The Bertz CT molecular complexity index is 635. The van der Waals surface area contributed by atoms with Crippen LogP contribution in [0.15, 0.2) is 18.2 Å². The molecule has 3 rings (SSSR count). The smallest absolute Gasteiger partial charge is 0.242 e. The normalized spacial score (nSPS) is 28.5. The van der Waals surface area contributed by atoms with E-state index in [0.717, 1.165) is 23.6 Å². The second kappa shape index (κ2) is 4.81. The molecule has 2 aliphatic rings. The zero-order chi connectivity index (χ0) is 16.4. The number of benzene rings is 1. The van der Waals surface area contributed by atoms with Crippen molar-refractivity contribution in [2.45, 2.75) is 50.1 Å². The van der Waals surface area contributed by atoms with Crippen LogP contribution in [-0.4, -0.2) is 20.3 Å². The van der Waals surface area contributed by atoms with Gasteiger partial charge in [0.1, 0.15) is 11.0 Å². The van der Waals surface area contributed by atoms with Crippen molar-refractivity contribution in [1.29, 1.82) is 0 Å². The van der Waals surface area contributed by atoms with E-state index >= 15 is 0 Å². The van der Waals surface area contributed by atoms with Gasteiger partial charge >= 0.3 is 6.18 Å². The summed E-state index contributed by atoms with van der Waals surface area (Å²) in [5.74, 6) is 0.497. The second-order valence-corrected chi connectivity index (χ2v) is 9.50. The van der Waals surface area contributed by atoms with Crippen molar-refractivity contribution in [3.8, 4) is 0 Å². The number of hydrogen-bond acceptors (Lipinski definition) is 1. The van der Waals surface area contributed by atoms with Gasteiger partial charge in [-0.3, -0.25) is 0 Å². The van der Waals surface area contributed by atoms with Gasteiger partial charge in [0.25, 0.3) is 0 Å². The van der Waals surface area contributed by atoms with Gasteiger partial charge in [-0.1, -0.05) is 6.07 Å². The predicted molar refractivity (Wildman–Crippen MR) is 80.7 cm³/mol. The molecular formula is C16H20F3NOS. The van der Waals surface area contributed by atoms with Crippen molar-refractivity contribution in [3.63, 3.8) is 0 Å². The molecule has 0 radical (unpaired) electrons. The summed E-state index contributed by atoms with van der Waals surface area (Å²) in [4.78, 5) is 0. The maximum atomic E-state index is 12.9.